The minimum atomic E-state index is 0. The van der Waals surface area contributed by atoms with Crippen LogP contribution >= 0.6 is 0 Å². The van der Waals surface area contributed by atoms with E-state index in [1.54, 1.807) is 0 Å². The number of unbranched alkanes of at least 4 members (excludes halogenated alkanes) is 2. The molecule has 0 aromatic rings. The second-order valence-electron chi connectivity index (χ2n) is 1.35. The van der Waals surface area contributed by atoms with Crippen molar-refractivity contribution in [3.8, 4) is 0 Å². The molecule has 0 aliphatic heterocycles. The van der Waals surface area contributed by atoms with Gasteiger partial charge in [-0.15, -0.1) is 0 Å². The van der Waals surface area contributed by atoms with Gasteiger partial charge in [-0.2, -0.15) is 6.42 Å². The Balaban J connectivity index is 0. The molecule has 0 N–H and O–H groups in total. The Kier molecular flexibility index (Phi) is 14.2. The first-order valence-corrected chi connectivity index (χ1v) is 2.41. The first-order valence-electron chi connectivity index (χ1n) is 2.41. The molecular formula is C6H11Li. The molecule has 0 fully saturated rings. The molecule has 0 atom stereocenters. The Labute approximate surface area is 58.2 Å². The van der Waals surface area contributed by atoms with E-state index < -0.39 is 0 Å². The van der Waals surface area contributed by atoms with Crippen LogP contribution in [0.15, 0.2) is 6.58 Å². The van der Waals surface area contributed by atoms with Gasteiger partial charge < -0.3 is 6.08 Å². The third-order valence-electron chi connectivity index (χ3n) is 0.707. The molecule has 0 unspecified atom stereocenters. The normalized spacial score (nSPS) is 7.00. The van der Waals surface area contributed by atoms with Crippen LogP contribution in [0.2, 0.25) is 0 Å². The molecule has 0 amide bonds. The molecule has 0 aliphatic rings. The van der Waals surface area contributed by atoms with Gasteiger partial charge in [-0.25, -0.2) is 0 Å². The fraction of sp³-hybridized carbons (Fsp3) is 0.667. The van der Waals surface area contributed by atoms with Gasteiger partial charge in [0.15, 0.2) is 0 Å². The summed E-state index contributed by atoms with van der Waals surface area (Å²) in [6.45, 7) is 5.64. The molecule has 0 saturated carbocycles. The van der Waals surface area contributed by atoms with Crippen molar-refractivity contribution in [1.29, 1.82) is 0 Å². The van der Waals surface area contributed by atoms with Gasteiger partial charge in [-0.3, -0.25) is 6.58 Å². The Hall–Kier alpha value is 0.337. The van der Waals surface area contributed by atoms with E-state index in [0.717, 1.165) is 6.42 Å². The van der Waals surface area contributed by atoms with E-state index in [0.29, 0.717) is 0 Å². The minimum absolute atomic E-state index is 0. The summed E-state index contributed by atoms with van der Waals surface area (Å²) >= 11 is 0. The summed E-state index contributed by atoms with van der Waals surface area (Å²) in [7, 11) is 0. The smallest absolute Gasteiger partial charge is 0.504 e. The van der Waals surface area contributed by atoms with Crippen LogP contribution in [0, 0.1) is 6.08 Å². The Morgan fingerprint density at radius 1 is 1.57 bits per heavy atom. The van der Waals surface area contributed by atoms with Gasteiger partial charge in [0.2, 0.25) is 0 Å². The van der Waals surface area contributed by atoms with Gasteiger partial charge in [0.25, 0.3) is 0 Å². The number of hydrogen-bond donors (Lipinski definition) is 0. The zero-order valence-corrected chi connectivity index (χ0v) is 5.33. The van der Waals surface area contributed by atoms with Crippen molar-refractivity contribution in [1.82, 2.24) is 0 Å². The van der Waals surface area contributed by atoms with Crippen LogP contribution in [-0.4, -0.2) is 0 Å². The van der Waals surface area contributed by atoms with E-state index in [2.05, 4.69) is 19.6 Å². The van der Waals surface area contributed by atoms with Crippen LogP contribution in [0.4, 0.5) is 0 Å². The monoisotopic (exact) mass is 90.1 g/mol. The zero-order valence-electron chi connectivity index (χ0n) is 5.33. The summed E-state index contributed by atoms with van der Waals surface area (Å²) in [6, 6.07) is 0. The van der Waals surface area contributed by atoms with Crippen molar-refractivity contribution >= 4 is 0 Å². The zero-order chi connectivity index (χ0) is 4.83. The molecule has 0 radical (unpaired) electrons. The summed E-state index contributed by atoms with van der Waals surface area (Å²) in [5, 5.41) is 0. The van der Waals surface area contributed by atoms with Crippen molar-refractivity contribution in [3.63, 3.8) is 0 Å². The van der Waals surface area contributed by atoms with Crippen LogP contribution in [0.25, 0.3) is 0 Å². The molecule has 0 heterocycles. The molecule has 7 heavy (non-hydrogen) atoms. The topological polar surface area (TPSA) is 0 Å². The number of rotatable bonds is 3. The fourth-order valence-corrected chi connectivity index (χ4v) is 0.302. The standard InChI is InChI=1S/C6H11.Li/c1-3-5-6-4-2;/h1,4-6H2,2H3;/q-1;+1. The summed E-state index contributed by atoms with van der Waals surface area (Å²) in [4.78, 5) is 0. The second kappa shape index (κ2) is 9.60. The maximum absolute atomic E-state index is 3.47. The molecule has 0 nitrogen and oxygen atoms in total. The van der Waals surface area contributed by atoms with Crippen LogP contribution < -0.4 is 18.9 Å². The van der Waals surface area contributed by atoms with Crippen molar-refractivity contribution < 1.29 is 18.9 Å². The van der Waals surface area contributed by atoms with Crippen molar-refractivity contribution in [3.05, 3.63) is 12.7 Å². The Morgan fingerprint density at radius 2 is 2.14 bits per heavy atom. The van der Waals surface area contributed by atoms with Crippen molar-refractivity contribution in [2.75, 3.05) is 0 Å². The average Bonchev–Trinajstić information content (AvgIpc) is 1.61. The van der Waals surface area contributed by atoms with Gasteiger partial charge in [0, 0.05) is 0 Å². The minimum Gasteiger partial charge on any atom is -0.504 e. The Morgan fingerprint density at radius 3 is 2.29 bits per heavy atom. The molecule has 0 saturated heterocycles. The van der Waals surface area contributed by atoms with E-state index in [4.69, 9.17) is 0 Å². The maximum atomic E-state index is 3.47. The van der Waals surface area contributed by atoms with Gasteiger partial charge in [0.1, 0.15) is 0 Å². The fourth-order valence-electron chi connectivity index (χ4n) is 0.302. The SMILES string of the molecule is C=[C-]CCCC.[Li+]. The van der Waals surface area contributed by atoms with E-state index in [-0.39, 0.29) is 18.9 Å². The number of hydrogen-bond acceptors (Lipinski definition) is 0. The molecule has 0 spiro atoms. The molecule has 0 rings (SSSR count). The third-order valence-corrected chi connectivity index (χ3v) is 0.707. The molecule has 0 aliphatic carbocycles. The Bertz CT molecular complexity index is 33.2. The van der Waals surface area contributed by atoms with E-state index in [1.807, 2.05) is 0 Å². The molecule has 0 bridgehead atoms. The predicted octanol–water partition coefficient (Wildman–Crippen LogP) is -0.830. The predicted molar refractivity (Wildman–Crippen MR) is 28.4 cm³/mol. The number of allylic oxidation sites excluding steroid dienone is 1. The molecule has 0 aromatic heterocycles. The largest absolute Gasteiger partial charge is 1.00 e. The first-order chi connectivity index (χ1) is 2.91. The summed E-state index contributed by atoms with van der Waals surface area (Å²) < 4.78 is 0. The summed E-state index contributed by atoms with van der Waals surface area (Å²) in [5.74, 6) is 0. The molecular weight excluding hydrogens is 79.0 g/mol. The van der Waals surface area contributed by atoms with Crippen LogP contribution in [0.3, 0.4) is 0 Å². The van der Waals surface area contributed by atoms with Crippen molar-refractivity contribution in [2.24, 2.45) is 0 Å². The van der Waals surface area contributed by atoms with Gasteiger partial charge >= 0.3 is 18.9 Å². The average molecular weight is 90.1 g/mol. The van der Waals surface area contributed by atoms with Crippen LogP contribution in [0.1, 0.15) is 26.2 Å². The molecule has 0 aromatic carbocycles. The third kappa shape index (κ3) is 10.7. The van der Waals surface area contributed by atoms with Crippen LogP contribution in [-0.2, 0) is 0 Å². The van der Waals surface area contributed by atoms with Gasteiger partial charge in [-0.05, 0) is 0 Å². The molecule has 1 heteroatoms. The van der Waals surface area contributed by atoms with Crippen LogP contribution in [0.5, 0.6) is 0 Å². The first kappa shape index (κ1) is 10.3. The molecule has 36 valence electrons. The second-order valence-corrected chi connectivity index (χ2v) is 1.35. The summed E-state index contributed by atoms with van der Waals surface area (Å²) in [6.07, 6.45) is 6.36. The van der Waals surface area contributed by atoms with E-state index in [9.17, 15) is 0 Å². The van der Waals surface area contributed by atoms with Gasteiger partial charge in [-0.1, -0.05) is 19.8 Å². The van der Waals surface area contributed by atoms with E-state index >= 15 is 0 Å². The van der Waals surface area contributed by atoms with Gasteiger partial charge in [0.05, 0.1) is 0 Å². The van der Waals surface area contributed by atoms with E-state index in [1.165, 1.54) is 12.8 Å². The quantitative estimate of drug-likeness (QED) is 0.241. The maximum Gasteiger partial charge on any atom is 1.00 e. The van der Waals surface area contributed by atoms with Crippen molar-refractivity contribution in [2.45, 2.75) is 26.2 Å². The summed E-state index contributed by atoms with van der Waals surface area (Å²) in [5.41, 5.74) is 0.